The number of likely N-dealkylation sites (tertiary alicyclic amines) is 1. The van der Waals surface area contributed by atoms with E-state index in [4.69, 9.17) is 9.47 Å². The molecule has 2 heterocycles. The summed E-state index contributed by atoms with van der Waals surface area (Å²) < 4.78 is 10.2. The number of esters is 1. The van der Waals surface area contributed by atoms with E-state index in [1.807, 2.05) is 6.92 Å². The molecule has 2 aliphatic heterocycles. The van der Waals surface area contributed by atoms with Crippen molar-refractivity contribution < 1.29 is 14.3 Å². The molecular formula is C15H28N4O3. The first-order chi connectivity index (χ1) is 10.7. The van der Waals surface area contributed by atoms with Gasteiger partial charge < -0.3 is 19.7 Å². The van der Waals surface area contributed by atoms with Crippen LogP contribution in [0.4, 0.5) is 0 Å². The fraction of sp³-hybridized carbons (Fsp3) is 0.867. The molecule has 0 saturated carbocycles. The summed E-state index contributed by atoms with van der Waals surface area (Å²) in [6.07, 6.45) is 1.15. The maximum Gasteiger partial charge on any atom is 0.310 e. The Labute approximate surface area is 132 Å². The number of hydrogen-bond acceptors (Lipinski definition) is 5. The number of hydrogen-bond donors (Lipinski definition) is 1. The van der Waals surface area contributed by atoms with E-state index in [0.29, 0.717) is 12.6 Å². The van der Waals surface area contributed by atoms with E-state index in [1.54, 1.807) is 7.05 Å². The molecule has 2 aliphatic rings. The summed E-state index contributed by atoms with van der Waals surface area (Å²) in [6, 6.07) is 0.570. The van der Waals surface area contributed by atoms with E-state index in [9.17, 15) is 4.79 Å². The first-order valence-electron chi connectivity index (χ1n) is 8.01. The van der Waals surface area contributed by atoms with Crippen molar-refractivity contribution in [3.05, 3.63) is 0 Å². The van der Waals surface area contributed by atoms with Crippen LogP contribution in [0.5, 0.6) is 0 Å². The third-order valence-corrected chi connectivity index (χ3v) is 4.41. The molecule has 1 N–H and O–H groups in total. The lowest BCUT2D eigenvalue weighted by Gasteiger charge is -2.32. The minimum absolute atomic E-state index is 0.181. The van der Waals surface area contributed by atoms with Gasteiger partial charge in [0.15, 0.2) is 5.96 Å². The number of nitrogens with one attached hydrogen (secondary N) is 1. The minimum atomic E-state index is -0.199. The smallest absolute Gasteiger partial charge is 0.310 e. The van der Waals surface area contributed by atoms with Crippen molar-refractivity contribution >= 4 is 11.9 Å². The van der Waals surface area contributed by atoms with Crippen molar-refractivity contribution in [1.82, 2.24) is 15.1 Å². The summed E-state index contributed by atoms with van der Waals surface area (Å²) in [4.78, 5) is 20.6. The SMILES string of the molecule is CN=C(NCC(C)C(=O)OC)N1CCC(N2CCOCC2)C1. The van der Waals surface area contributed by atoms with Crippen molar-refractivity contribution in [3.63, 3.8) is 0 Å². The normalized spacial score (nSPS) is 25.1. The molecule has 2 unspecified atom stereocenters. The van der Waals surface area contributed by atoms with E-state index >= 15 is 0 Å². The highest BCUT2D eigenvalue weighted by Gasteiger charge is 2.30. The van der Waals surface area contributed by atoms with Gasteiger partial charge in [0.25, 0.3) is 0 Å². The van der Waals surface area contributed by atoms with Gasteiger partial charge in [-0.1, -0.05) is 6.92 Å². The molecule has 0 aliphatic carbocycles. The van der Waals surface area contributed by atoms with Gasteiger partial charge in [-0.15, -0.1) is 0 Å². The Morgan fingerprint density at radius 1 is 1.41 bits per heavy atom. The number of rotatable bonds is 4. The highest BCUT2D eigenvalue weighted by Crippen LogP contribution is 2.17. The average Bonchev–Trinajstić information content (AvgIpc) is 3.05. The lowest BCUT2D eigenvalue weighted by atomic mass is 10.2. The highest BCUT2D eigenvalue weighted by atomic mass is 16.5. The van der Waals surface area contributed by atoms with Crippen molar-refractivity contribution in [2.45, 2.75) is 19.4 Å². The maximum absolute atomic E-state index is 11.5. The van der Waals surface area contributed by atoms with Crippen LogP contribution in [0.25, 0.3) is 0 Å². The summed E-state index contributed by atoms with van der Waals surface area (Å²) in [5.41, 5.74) is 0. The predicted molar refractivity (Wildman–Crippen MR) is 84.9 cm³/mol. The van der Waals surface area contributed by atoms with Gasteiger partial charge >= 0.3 is 5.97 Å². The molecule has 7 nitrogen and oxygen atoms in total. The highest BCUT2D eigenvalue weighted by molar-refractivity contribution is 5.81. The largest absolute Gasteiger partial charge is 0.469 e. The van der Waals surface area contributed by atoms with Crippen LogP contribution in [0.3, 0.4) is 0 Å². The van der Waals surface area contributed by atoms with Crippen LogP contribution < -0.4 is 5.32 Å². The lowest BCUT2D eigenvalue weighted by molar-refractivity contribution is -0.144. The van der Waals surface area contributed by atoms with E-state index in [1.165, 1.54) is 7.11 Å². The molecule has 2 rings (SSSR count). The van der Waals surface area contributed by atoms with Gasteiger partial charge in [-0.05, 0) is 6.42 Å². The van der Waals surface area contributed by atoms with Crippen LogP contribution in [0.15, 0.2) is 4.99 Å². The van der Waals surface area contributed by atoms with Gasteiger partial charge in [0.1, 0.15) is 0 Å². The van der Waals surface area contributed by atoms with Gasteiger partial charge in [0.2, 0.25) is 0 Å². The molecule has 0 radical (unpaired) electrons. The molecule has 22 heavy (non-hydrogen) atoms. The Kier molecular flexibility index (Phi) is 6.45. The summed E-state index contributed by atoms with van der Waals surface area (Å²) >= 11 is 0. The second kappa shape index (κ2) is 8.33. The van der Waals surface area contributed by atoms with E-state index in [0.717, 1.165) is 51.8 Å². The summed E-state index contributed by atoms with van der Waals surface area (Å²) in [7, 11) is 3.20. The zero-order valence-electron chi connectivity index (χ0n) is 13.9. The van der Waals surface area contributed by atoms with Crippen LogP contribution in [0.1, 0.15) is 13.3 Å². The van der Waals surface area contributed by atoms with Gasteiger partial charge in [0.05, 0.1) is 26.2 Å². The average molecular weight is 312 g/mol. The number of morpholine rings is 1. The summed E-state index contributed by atoms with van der Waals surface area (Å²) in [5, 5.41) is 3.28. The second-order valence-electron chi connectivity index (χ2n) is 5.89. The zero-order chi connectivity index (χ0) is 15.9. The summed E-state index contributed by atoms with van der Waals surface area (Å²) in [5.74, 6) is 0.487. The van der Waals surface area contributed by atoms with Crippen LogP contribution in [-0.4, -0.2) is 87.9 Å². The monoisotopic (exact) mass is 312 g/mol. The molecule has 2 saturated heterocycles. The molecular weight excluding hydrogens is 284 g/mol. The van der Waals surface area contributed by atoms with Crippen molar-refractivity contribution in [2.75, 3.05) is 60.1 Å². The fourth-order valence-electron chi connectivity index (χ4n) is 3.04. The molecule has 126 valence electrons. The van der Waals surface area contributed by atoms with Crippen LogP contribution in [0, 0.1) is 5.92 Å². The minimum Gasteiger partial charge on any atom is -0.469 e. The molecule has 7 heteroatoms. The predicted octanol–water partition coefficient (Wildman–Crippen LogP) is -0.223. The van der Waals surface area contributed by atoms with E-state index in [2.05, 4.69) is 20.1 Å². The molecule has 0 aromatic rings. The summed E-state index contributed by atoms with van der Waals surface area (Å²) in [6.45, 7) is 8.07. The number of carbonyl (C=O) groups is 1. The standard InChI is InChI=1S/C15H28N4O3/c1-12(14(20)21-3)10-17-15(16-2)19-5-4-13(11-19)18-6-8-22-9-7-18/h12-13H,4-11H2,1-3H3,(H,16,17). The van der Waals surface area contributed by atoms with E-state index < -0.39 is 0 Å². The Balaban J connectivity index is 1.81. The zero-order valence-corrected chi connectivity index (χ0v) is 13.9. The van der Waals surface area contributed by atoms with Crippen molar-refractivity contribution in [1.29, 1.82) is 0 Å². The number of ether oxygens (including phenoxy) is 2. The van der Waals surface area contributed by atoms with Gasteiger partial charge in [0, 0.05) is 45.8 Å². The fourth-order valence-corrected chi connectivity index (χ4v) is 3.04. The van der Waals surface area contributed by atoms with Crippen molar-refractivity contribution in [3.8, 4) is 0 Å². The lowest BCUT2D eigenvalue weighted by Crippen LogP contribution is -2.47. The van der Waals surface area contributed by atoms with Crippen LogP contribution in [0.2, 0.25) is 0 Å². The number of guanidine groups is 1. The number of aliphatic imine (C=N–C) groups is 1. The number of carbonyl (C=O) groups excluding carboxylic acids is 1. The third kappa shape index (κ3) is 4.33. The third-order valence-electron chi connectivity index (χ3n) is 4.41. The number of methoxy groups -OCH3 is 1. The molecule has 2 fully saturated rings. The number of nitrogens with zero attached hydrogens (tertiary/aromatic N) is 3. The molecule has 0 aromatic heterocycles. The van der Waals surface area contributed by atoms with E-state index in [-0.39, 0.29) is 11.9 Å². The molecule has 0 amide bonds. The van der Waals surface area contributed by atoms with Gasteiger partial charge in [-0.25, -0.2) is 0 Å². The quantitative estimate of drug-likeness (QED) is 0.440. The van der Waals surface area contributed by atoms with Crippen molar-refractivity contribution in [2.24, 2.45) is 10.9 Å². The Bertz CT molecular complexity index is 396. The first kappa shape index (κ1) is 17.0. The molecule has 0 bridgehead atoms. The Hall–Kier alpha value is -1.34. The maximum atomic E-state index is 11.5. The molecule has 0 spiro atoms. The topological polar surface area (TPSA) is 66.4 Å². The van der Waals surface area contributed by atoms with Crippen LogP contribution >= 0.6 is 0 Å². The first-order valence-corrected chi connectivity index (χ1v) is 8.01. The molecule has 0 aromatic carbocycles. The van der Waals surface area contributed by atoms with Gasteiger partial charge in [-0.3, -0.25) is 14.7 Å². The Morgan fingerprint density at radius 2 is 2.14 bits per heavy atom. The van der Waals surface area contributed by atoms with Crippen LogP contribution in [-0.2, 0) is 14.3 Å². The molecule has 2 atom stereocenters. The van der Waals surface area contributed by atoms with Gasteiger partial charge in [-0.2, -0.15) is 0 Å². The second-order valence-corrected chi connectivity index (χ2v) is 5.89. The Morgan fingerprint density at radius 3 is 2.77 bits per heavy atom.